The maximum atomic E-state index is 5.00. The van der Waals surface area contributed by atoms with Gasteiger partial charge in [-0.25, -0.2) is 4.98 Å². The predicted molar refractivity (Wildman–Crippen MR) is 49.6 cm³/mol. The normalized spacial score (nSPS) is 10.5. The van der Waals surface area contributed by atoms with E-state index >= 15 is 0 Å². The minimum Gasteiger partial charge on any atom is -0.359 e. The van der Waals surface area contributed by atoms with Crippen LogP contribution in [-0.2, 0) is 6.54 Å². The van der Waals surface area contributed by atoms with Gasteiger partial charge in [0, 0.05) is 18.5 Å². The average Bonchev–Trinajstić information content (AvgIpc) is 2.76. The van der Waals surface area contributed by atoms with Crippen molar-refractivity contribution in [3.63, 3.8) is 0 Å². The van der Waals surface area contributed by atoms with Crippen molar-refractivity contribution in [2.24, 2.45) is 0 Å². The van der Waals surface area contributed by atoms with Gasteiger partial charge in [0.1, 0.15) is 0 Å². The Morgan fingerprint density at radius 2 is 2.46 bits per heavy atom. The summed E-state index contributed by atoms with van der Waals surface area (Å²) in [6.45, 7) is 0.691. The lowest BCUT2D eigenvalue weighted by molar-refractivity contribution is 0.373. The lowest BCUT2D eigenvalue weighted by atomic mass is 10.4. The minimum absolute atomic E-state index is 0.691. The number of imidazole rings is 1. The van der Waals surface area contributed by atoms with E-state index in [2.05, 4.69) is 10.1 Å². The largest absolute Gasteiger partial charge is 0.359 e. The summed E-state index contributed by atoms with van der Waals surface area (Å²) >= 11 is 1.61. The number of hydrogen-bond acceptors (Lipinski definition) is 4. The molecule has 0 unspecified atom stereocenters. The first-order chi connectivity index (χ1) is 6.40. The standard InChI is InChI=1S/C8H9N3OS/c1-13-8-9-4-5-11(8)6-7-2-3-10-12-7/h2-5H,6H2,1H3. The summed E-state index contributed by atoms with van der Waals surface area (Å²) in [4.78, 5) is 4.18. The molecule has 0 spiro atoms. The third kappa shape index (κ3) is 1.75. The number of aromatic nitrogens is 3. The van der Waals surface area contributed by atoms with Crippen LogP contribution in [0.1, 0.15) is 5.76 Å². The van der Waals surface area contributed by atoms with E-state index in [9.17, 15) is 0 Å². The topological polar surface area (TPSA) is 43.9 Å². The molecular formula is C8H9N3OS. The summed E-state index contributed by atoms with van der Waals surface area (Å²) in [7, 11) is 0. The summed E-state index contributed by atoms with van der Waals surface area (Å²) in [6, 6.07) is 1.85. The first-order valence-corrected chi connectivity index (χ1v) is 5.07. The van der Waals surface area contributed by atoms with E-state index in [0.29, 0.717) is 6.54 Å². The second kappa shape index (κ2) is 3.66. The van der Waals surface area contributed by atoms with Gasteiger partial charge in [0.2, 0.25) is 0 Å². The summed E-state index contributed by atoms with van der Waals surface area (Å²) in [5, 5.41) is 4.63. The fourth-order valence-corrected chi connectivity index (χ4v) is 1.62. The highest BCUT2D eigenvalue weighted by Crippen LogP contribution is 2.13. The zero-order chi connectivity index (χ0) is 9.10. The van der Waals surface area contributed by atoms with Crippen LogP contribution < -0.4 is 0 Å². The summed E-state index contributed by atoms with van der Waals surface area (Å²) < 4.78 is 7.02. The third-order valence-electron chi connectivity index (χ3n) is 1.68. The van der Waals surface area contributed by atoms with Crippen LogP contribution in [0.25, 0.3) is 0 Å². The van der Waals surface area contributed by atoms with Crippen LogP contribution in [0.2, 0.25) is 0 Å². The molecule has 0 aliphatic rings. The van der Waals surface area contributed by atoms with Crippen LogP contribution in [0.5, 0.6) is 0 Å². The molecule has 0 aliphatic heterocycles. The van der Waals surface area contributed by atoms with Crippen molar-refractivity contribution in [3.05, 3.63) is 30.4 Å². The number of hydrogen-bond donors (Lipinski definition) is 0. The molecule has 4 nitrogen and oxygen atoms in total. The van der Waals surface area contributed by atoms with Gasteiger partial charge >= 0.3 is 0 Å². The van der Waals surface area contributed by atoms with Crippen LogP contribution in [-0.4, -0.2) is 21.0 Å². The monoisotopic (exact) mass is 195 g/mol. The summed E-state index contributed by atoms with van der Waals surface area (Å²) in [6.07, 6.45) is 7.35. The Balaban J connectivity index is 2.18. The van der Waals surface area contributed by atoms with E-state index in [0.717, 1.165) is 10.9 Å². The molecular weight excluding hydrogens is 186 g/mol. The molecule has 0 aromatic carbocycles. The van der Waals surface area contributed by atoms with Gasteiger partial charge in [-0.05, 0) is 6.26 Å². The van der Waals surface area contributed by atoms with E-state index in [1.165, 1.54) is 0 Å². The molecule has 0 saturated carbocycles. The molecule has 0 radical (unpaired) electrons. The molecule has 0 fully saturated rings. The van der Waals surface area contributed by atoms with Crippen LogP contribution in [0.3, 0.4) is 0 Å². The van der Waals surface area contributed by atoms with Crippen molar-refractivity contribution in [3.8, 4) is 0 Å². The van der Waals surface area contributed by atoms with Gasteiger partial charge in [-0.3, -0.25) is 0 Å². The minimum atomic E-state index is 0.691. The molecule has 0 atom stereocenters. The highest BCUT2D eigenvalue weighted by Gasteiger charge is 2.03. The molecule has 2 rings (SSSR count). The molecule has 0 saturated heterocycles. The van der Waals surface area contributed by atoms with Crippen molar-refractivity contribution in [1.82, 2.24) is 14.7 Å². The SMILES string of the molecule is CSc1nccn1Cc1ccno1. The Labute approximate surface area is 79.9 Å². The lowest BCUT2D eigenvalue weighted by Gasteiger charge is -2.01. The third-order valence-corrected chi connectivity index (χ3v) is 2.38. The number of rotatable bonds is 3. The van der Waals surface area contributed by atoms with Gasteiger partial charge in [0.05, 0.1) is 12.7 Å². The molecule has 0 N–H and O–H groups in total. The van der Waals surface area contributed by atoms with Gasteiger partial charge < -0.3 is 9.09 Å². The quantitative estimate of drug-likeness (QED) is 0.698. The number of nitrogens with zero attached hydrogens (tertiary/aromatic N) is 3. The maximum Gasteiger partial charge on any atom is 0.168 e. The molecule has 2 aromatic heterocycles. The zero-order valence-corrected chi connectivity index (χ0v) is 7.99. The lowest BCUT2D eigenvalue weighted by Crippen LogP contribution is -1.98. The van der Waals surface area contributed by atoms with E-state index < -0.39 is 0 Å². The molecule has 13 heavy (non-hydrogen) atoms. The first kappa shape index (κ1) is 8.37. The van der Waals surface area contributed by atoms with Gasteiger partial charge in [-0.15, -0.1) is 0 Å². The van der Waals surface area contributed by atoms with E-state index in [1.807, 2.05) is 23.1 Å². The molecule has 0 bridgehead atoms. The van der Waals surface area contributed by atoms with Crippen LogP contribution >= 0.6 is 11.8 Å². The second-order valence-corrected chi connectivity index (χ2v) is 3.29. The van der Waals surface area contributed by atoms with Crippen molar-refractivity contribution in [2.75, 3.05) is 6.26 Å². The Bertz CT molecular complexity index is 368. The Morgan fingerprint density at radius 1 is 1.54 bits per heavy atom. The molecule has 68 valence electrons. The molecule has 5 heteroatoms. The summed E-state index contributed by atoms with van der Waals surface area (Å²) in [5.41, 5.74) is 0. The van der Waals surface area contributed by atoms with Crippen molar-refractivity contribution >= 4 is 11.8 Å². The highest BCUT2D eigenvalue weighted by atomic mass is 32.2. The van der Waals surface area contributed by atoms with E-state index in [1.54, 1.807) is 24.2 Å². The average molecular weight is 195 g/mol. The summed E-state index contributed by atoms with van der Waals surface area (Å²) in [5.74, 6) is 0.841. The molecule has 2 aromatic rings. The van der Waals surface area contributed by atoms with Crippen LogP contribution in [0, 0.1) is 0 Å². The van der Waals surface area contributed by atoms with Crippen LogP contribution in [0.4, 0.5) is 0 Å². The van der Waals surface area contributed by atoms with E-state index in [-0.39, 0.29) is 0 Å². The van der Waals surface area contributed by atoms with Gasteiger partial charge in [-0.1, -0.05) is 16.9 Å². The maximum absolute atomic E-state index is 5.00. The van der Waals surface area contributed by atoms with Gasteiger partial charge in [0.25, 0.3) is 0 Å². The van der Waals surface area contributed by atoms with E-state index in [4.69, 9.17) is 4.52 Å². The van der Waals surface area contributed by atoms with Gasteiger partial charge in [0.15, 0.2) is 10.9 Å². The first-order valence-electron chi connectivity index (χ1n) is 3.85. The smallest absolute Gasteiger partial charge is 0.168 e. The Morgan fingerprint density at radius 3 is 3.15 bits per heavy atom. The fraction of sp³-hybridized carbons (Fsp3) is 0.250. The van der Waals surface area contributed by atoms with Crippen LogP contribution in [0.15, 0.2) is 34.3 Å². The predicted octanol–water partition coefficient (Wildman–Crippen LogP) is 1.64. The molecule has 2 heterocycles. The Hall–Kier alpha value is -1.23. The number of thioether (sulfide) groups is 1. The van der Waals surface area contributed by atoms with Gasteiger partial charge in [-0.2, -0.15) is 0 Å². The zero-order valence-electron chi connectivity index (χ0n) is 7.17. The fourth-order valence-electron chi connectivity index (χ4n) is 1.10. The molecule has 0 aliphatic carbocycles. The Kier molecular flexibility index (Phi) is 2.35. The second-order valence-electron chi connectivity index (χ2n) is 2.52. The van der Waals surface area contributed by atoms with Crippen molar-refractivity contribution < 1.29 is 4.52 Å². The van der Waals surface area contributed by atoms with Crippen molar-refractivity contribution in [1.29, 1.82) is 0 Å². The molecule has 0 amide bonds. The van der Waals surface area contributed by atoms with Crippen molar-refractivity contribution in [2.45, 2.75) is 11.7 Å². The highest BCUT2D eigenvalue weighted by molar-refractivity contribution is 7.98.